The molecule has 1 amide bonds. The molecule has 0 radical (unpaired) electrons. The first-order valence-electron chi connectivity index (χ1n) is 7.84. The maximum Gasteiger partial charge on any atom is 0.246 e. The average Bonchev–Trinajstić information content (AvgIpc) is 2.60. The molecule has 22 heavy (non-hydrogen) atoms. The van der Waals surface area contributed by atoms with E-state index in [1.165, 1.54) is 0 Å². The number of methoxy groups -OCH3 is 1. The lowest BCUT2D eigenvalue weighted by atomic mass is 9.77. The number of hydrogen-bond donors (Lipinski definition) is 1. The van der Waals surface area contributed by atoms with Gasteiger partial charge < -0.3 is 14.7 Å². The van der Waals surface area contributed by atoms with Gasteiger partial charge in [0.15, 0.2) is 0 Å². The van der Waals surface area contributed by atoms with E-state index in [0.717, 1.165) is 43.7 Å². The Morgan fingerprint density at radius 1 is 1.41 bits per heavy atom. The Hall–Kier alpha value is -1.81. The van der Waals surface area contributed by atoms with Crippen molar-refractivity contribution in [3.8, 4) is 5.75 Å². The summed E-state index contributed by atoms with van der Waals surface area (Å²) < 4.78 is 5.17. The lowest BCUT2D eigenvalue weighted by molar-refractivity contribution is -0.128. The molecule has 4 heteroatoms. The van der Waals surface area contributed by atoms with Crippen LogP contribution in [0, 0.1) is 5.41 Å². The van der Waals surface area contributed by atoms with Crippen LogP contribution in [0.4, 0.5) is 0 Å². The zero-order chi connectivity index (χ0) is 16.0. The van der Waals surface area contributed by atoms with Crippen LogP contribution in [0.1, 0.15) is 31.7 Å². The molecule has 0 spiro atoms. The lowest BCUT2D eigenvalue weighted by Gasteiger charge is -2.39. The van der Waals surface area contributed by atoms with E-state index in [1.54, 1.807) is 13.2 Å². The first kappa shape index (κ1) is 16.6. The predicted octanol–water partition coefficient (Wildman–Crippen LogP) is 2.72. The molecule has 0 aromatic heterocycles. The Bertz CT molecular complexity index is 525. The molecule has 0 saturated carbocycles. The number of nitrogens with zero attached hydrogens (tertiary/aromatic N) is 1. The largest absolute Gasteiger partial charge is 0.497 e. The fourth-order valence-corrected chi connectivity index (χ4v) is 2.84. The number of hydrogen-bond acceptors (Lipinski definition) is 3. The highest BCUT2D eigenvalue weighted by Gasteiger charge is 2.33. The van der Waals surface area contributed by atoms with Gasteiger partial charge in [-0.15, -0.1) is 0 Å². The molecular formula is C18H25NO3. The van der Waals surface area contributed by atoms with Gasteiger partial charge in [-0.3, -0.25) is 4.79 Å². The third kappa shape index (κ3) is 3.89. The number of rotatable bonds is 5. The van der Waals surface area contributed by atoms with Crippen molar-refractivity contribution in [2.24, 2.45) is 5.41 Å². The SMILES string of the molecule is CCC1(CO)CCN(C(=O)/C=C/c2cccc(OC)c2)CC1. The Kier molecular flexibility index (Phi) is 5.61. The Morgan fingerprint density at radius 2 is 2.14 bits per heavy atom. The third-order valence-electron chi connectivity index (χ3n) is 4.73. The molecule has 0 bridgehead atoms. The molecule has 1 aliphatic rings. The van der Waals surface area contributed by atoms with Gasteiger partial charge in [0.1, 0.15) is 5.75 Å². The summed E-state index contributed by atoms with van der Waals surface area (Å²) in [6, 6.07) is 7.62. The van der Waals surface area contributed by atoms with Crippen LogP contribution in [0.5, 0.6) is 5.75 Å². The first-order chi connectivity index (χ1) is 10.6. The number of amides is 1. The van der Waals surface area contributed by atoms with Gasteiger partial charge in [0, 0.05) is 25.8 Å². The van der Waals surface area contributed by atoms with Gasteiger partial charge in [-0.25, -0.2) is 0 Å². The number of carbonyl (C=O) groups excluding carboxylic acids is 1. The highest BCUT2D eigenvalue weighted by atomic mass is 16.5. The van der Waals surface area contributed by atoms with Crippen LogP contribution in [-0.4, -0.2) is 42.7 Å². The molecule has 1 aromatic carbocycles. The Balaban J connectivity index is 1.94. The minimum Gasteiger partial charge on any atom is -0.497 e. The fraction of sp³-hybridized carbons (Fsp3) is 0.500. The second kappa shape index (κ2) is 7.45. The van der Waals surface area contributed by atoms with Crippen molar-refractivity contribution in [1.82, 2.24) is 4.90 Å². The highest BCUT2D eigenvalue weighted by Crippen LogP contribution is 2.34. The van der Waals surface area contributed by atoms with Gasteiger partial charge in [0.2, 0.25) is 5.91 Å². The molecule has 120 valence electrons. The van der Waals surface area contributed by atoms with E-state index in [2.05, 4.69) is 6.92 Å². The summed E-state index contributed by atoms with van der Waals surface area (Å²) in [6.45, 7) is 3.76. The molecule has 0 atom stereocenters. The number of ether oxygens (including phenoxy) is 1. The van der Waals surface area contributed by atoms with Crippen molar-refractivity contribution < 1.29 is 14.6 Å². The predicted molar refractivity (Wildman–Crippen MR) is 87.7 cm³/mol. The van der Waals surface area contributed by atoms with Gasteiger partial charge in [-0.2, -0.15) is 0 Å². The van der Waals surface area contributed by atoms with Gasteiger partial charge in [0.25, 0.3) is 0 Å². The Morgan fingerprint density at radius 3 is 2.73 bits per heavy atom. The monoisotopic (exact) mass is 303 g/mol. The van der Waals surface area contributed by atoms with E-state index in [-0.39, 0.29) is 17.9 Å². The molecule has 4 nitrogen and oxygen atoms in total. The van der Waals surface area contributed by atoms with Gasteiger partial charge in [-0.1, -0.05) is 19.1 Å². The molecule has 1 aliphatic heterocycles. The molecule has 1 fully saturated rings. The van der Waals surface area contributed by atoms with Crippen molar-refractivity contribution in [3.05, 3.63) is 35.9 Å². The quantitative estimate of drug-likeness (QED) is 0.851. The highest BCUT2D eigenvalue weighted by molar-refractivity contribution is 5.91. The van der Waals surface area contributed by atoms with E-state index in [9.17, 15) is 9.90 Å². The summed E-state index contributed by atoms with van der Waals surface area (Å²) in [5.41, 5.74) is 0.954. The maximum absolute atomic E-state index is 12.3. The number of aliphatic hydroxyl groups excluding tert-OH is 1. The molecule has 1 aromatic rings. The number of piperidine rings is 1. The van der Waals surface area contributed by atoms with Crippen LogP contribution in [0.3, 0.4) is 0 Å². The fourth-order valence-electron chi connectivity index (χ4n) is 2.84. The second-order valence-electron chi connectivity index (χ2n) is 5.95. The van der Waals surface area contributed by atoms with E-state index in [0.29, 0.717) is 0 Å². The van der Waals surface area contributed by atoms with Crippen LogP contribution in [0.2, 0.25) is 0 Å². The van der Waals surface area contributed by atoms with E-state index in [4.69, 9.17) is 4.74 Å². The summed E-state index contributed by atoms with van der Waals surface area (Å²) in [5.74, 6) is 0.814. The summed E-state index contributed by atoms with van der Waals surface area (Å²) >= 11 is 0. The third-order valence-corrected chi connectivity index (χ3v) is 4.73. The Labute approximate surface area is 132 Å². The zero-order valence-corrected chi connectivity index (χ0v) is 13.4. The molecule has 1 heterocycles. The standard InChI is InChI=1S/C18H25NO3/c1-3-18(14-20)9-11-19(12-10-18)17(21)8-7-15-5-4-6-16(13-15)22-2/h4-8,13,20H,3,9-12,14H2,1-2H3/b8-7+. The van der Waals surface area contributed by atoms with E-state index < -0.39 is 0 Å². The summed E-state index contributed by atoms with van der Waals surface area (Å²) in [7, 11) is 1.63. The second-order valence-corrected chi connectivity index (χ2v) is 5.95. The molecule has 1 saturated heterocycles. The van der Waals surface area contributed by atoms with E-state index in [1.807, 2.05) is 35.2 Å². The molecule has 1 N–H and O–H groups in total. The summed E-state index contributed by atoms with van der Waals surface area (Å²) in [5, 5.41) is 9.54. The average molecular weight is 303 g/mol. The van der Waals surface area contributed by atoms with Crippen molar-refractivity contribution in [3.63, 3.8) is 0 Å². The normalized spacial score (nSPS) is 17.7. The van der Waals surface area contributed by atoms with Gasteiger partial charge >= 0.3 is 0 Å². The van der Waals surface area contributed by atoms with E-state index >= 15 is 0 Å². The van der Waals surface area contributed by atoms with Crippen molar-refractivity contribution >= 4 is 12.0 Å². The van der Waals surface area contributed by atoms with Crippen LogP contribution < -0.4 is 4.74 Å². The number of aliphatic hydroxyl groups is 1. The number of likely N-dealkylation sites (tertiary alicyclic amines) is 1. The maximum atomic E-state index is 12.3. The summed E-state index contributed by atoms with van der Waals surface area (Å²) in [4.78, 5) is 14.1. The minimum absolute atomic E-state index is 0.00723. The molecule has 0 aliphatic carbocycles. The van der Waals surface area contributed by atoms with Gasteiger partial charge in [0.05, 0.1) is 7.11 Å². The zero-order valence-electron chi connectivity index (χ0n) is 13.4. The molecule has 0 unspecified atom stereocenters. The number of benzene rings is 1. The van der Waals surface area contributed by atoms with Crippen molar-refractivity contribution in [2.45, 2.75) is 26.2 Å². The van der Waals surface area contributed by atoms with Crippen LogP contribution in [0.25, 0.3) is 6.08 Å². The van der Waals surface area contributed by atoms with Crippen molar-refractivity contribution in [2.75, 3.05) is 26.8 Å². The molecule has 2 rings (SSSR count). The minimum atomic E-state index is 0.00723. The van der Waals surface area contributed by atoms with Crippen molar-refractivity contribution in [1.29, 1.82) is 0 Å². The first-order valence-corrected chi connectivity index (χ1v) is 7.84. The summed E-state index contributed by atoms with van der Waals surface area (Å²) in [6.07, 6.45) is 6.15. The van der Waals surface area contributed by atoms with Gasteiger partial charge in [-0.05, 0) is 48.4 Å². The topological polar surface area (TPSA) is 49.8 Å². The molecular weight excluding hydrogens is 278 g/mol. The smallest absolute Gasteiger partial charge is 0.246 e. The number of carbonyl (C=O) groups is 1. The van der Waals surface area contributed by atoms with Crippen LogP contribution >= 0.6 is 0 Å². The van der Waals surface area contributed by atoms with Crippen LogP contribution in [-0.2, 0) is 4.79 Å². The van der Waals surface area contributed by atoms with Crippen LogP contribution in [0.15, 0.2) is 30.3 Å². The lowest BCUT2D eigenvalue weighted by Crippen LogP contribution is -2.43.